The fraction of sp³-hybridized carbons (Fsp3) is 0.176. The molecule has 0 radical (unpaired) electrons. The minimum atomic E-state index is -3.27. The van der Waals surface area contributed by atoms with E-state index in [1.807, 2.05) is 0 Å². The number of aromatic nitrogens is 1. The Morgan fingerprint density at radius 1 is 1.21 bits per heavy atom. The van der Waals surface area contributed by atoms with Crippen molar-refractivity contribution in [3.8, 4) is 0 Å². The molecule has 1 amide bonds. The van der Waals surface area contributed by atoms with E-state index in [-0.39, 0.29) is 10.8 Å². The lowest BCUT2D eigenvalue weighted by Crippen LogP contribution is -2.26. The van der Waals surface area contributed by atoms with Gasteiger partial charge in [-0.1, -0.05) is 12.1 Å². The lowest BCUT2D eigenvalue weighted by atomic mass is 10.1. The highest BCUT2D eigenvalue weighted by atomic mass is 32.2. The number of nitrogens with zero attached hydrogens (tertiary/aromatic N) is 2. The van der Waals surface area contributed by atoms with Crippen molar-refractivity contribution in [2.24, 2.45) is 0 Å². The molecule has 0 bridgehead atoms. The highest BCUT2D eigenvalue weighted by Crippen LogP contribution is 2.17. The third-order valence-electron chi connectivity index (χ3n) is 3.67. The average molecular weight is 344 g/mol. The van der Waals surface area contributed by atoms with E-state index in [4.69, 9.17) is 4.42 Å². The van der Waals surface area contributed by atoms with Crippen molar-refractivity contribution in [2.75, 3.05) is 13.3 Å². The molecule has 0 aliphatic carbocycles. The minimum Gasteiger partial charge on any atom is -0.443 e. The van der Waals surface area contributed by atoms with Crippen molar-refractivity contribution in [1.82, 2.24) is 9.88 Å². The first-order valence-corrected chi connectivity index (χ1v) is 9.11. The van der Waals surface area contributed by atoms with E-state index >= 15 is 0 Å². The summed E-state index contributed by atoms with van der Waals surface area (Å²) in [5, 5.41) is 0. The molecule has 0 spiro atoms. The van der Waals surface area contributed by atoms with Gasteiger partial charge < -0.3 is 9.32 Å². The van der Waals surface area contributed by atoms with Gasteiger partial charge in [0.1, 0.15) is 5.52 Å². The van der Waals surface area contributed by atoms with Crippen LogP contribution in [-0.4, -0.2) is 37.5 Å². The quantitative estimate of drug-likeness (QED) is 0.726. The van der Waals surface area contributed by atoms with Crippen LogP contribution in [0.4, 0.5) is 0 Å². The van der Waals surface area contributed by atoms with Crippen LogP contribution in [0.5, 0.6) is 0 Å². The molecule has 7 heteroatoms. The van der Waals surface area contributed by atoms with Crippen LogP contribution in [-0.2, 0) is 16.4 Å². The zero-order chi connectivity index (χ0) is 17.3. The first kappa shape index (κ1) is 16.2. The SMILES string of the molecule is CN(Cc1cccc(S(C)(=O)=O)c1)C(=O)c1ccc2ocnc2c1. The maximum absolute atomic E-state index is 12.5. The van der Waals surface area contributed by atoms with Gasteiger partial charge in [-0.2, -0.15) is 0 Å². The Bertz CT molecular complexity index is 1010. The van der Waals surface area contributed by atoms with Gasteiger partial charge in [0, 0.05) is 25.4 Å². The molecule has 3 aromatic rings. The first-order valence-electron chi connectivity index (χ1n) is 7.22. The standard InChI is InChI=1S/C17H16N2O4S/c1-19(10-12-4-3-5-14(8-12)24(2,21)22)17(20)13-6-7-16-15(9-13)18-11-23-16/h3-9,11H,10H2,1-2H3. The van der Waals surface area contributed by atoms with E-state index in [0.29, 0.717) is 23.2 Å². The molecule has 1 heterocycles. The van der Waals surface area contributed by atoms with Crippen LogP contribution in [0.2, 0.25) is 0 Å². The van der Waals surface area contributed by atoms with Crippen molar-refractivity contribution < 1.29 is 17.6 Å². The number of sulfone groups is 1. The number of carbonyl (C=O) groups excluding carboxylic acids is 1. The topological polar surface area (TPSA) is 80.5 Å². The Hall–Kier alpha value is -2.67. The Kier molecular flexibility index (Phi) is 4.11. The van der Waals surface area contributed by atoms with Crippen molar-refractivity contribution in [2.45, 2.75) is 11.4 Å². The molecule has 124 valence electrons. The van der Waals surface area contributed by atoms with Gasteiger partial charge >= 0.3 is 0 Å². The maximum atomic E-state index is 12.5. The molecule has 0 saturated heterocycles. The predicted molar refractivity (Wildman–Crippen MR) is 89.4 cm³/mol. The minimum absolute atomic E-state index is 0.176. The number of fused-ring (bicyclic) bond motifs is 1. The molecule has 0 aliphatic heterocycles. The zero-order valence-corrected chi connectivity index (χ0v) is 14.1. The number of rotatable bonds is 4. The summed E-state index contributed by atoms with van der Waals surface area (Å²) in [5.41, 5.74) is 2.48. The first-order chi connectivity index (χ1) is 11.3. The molecule has 1 aromatic heterocycles. The van der Waals surface area contributed by atoms with E-state index in [1.165, 1.54) is 11.3 Å². The second-order valence-electron chi connectivity index (χ2n) is 5.62. The van der Waals surface area contributed by atoms with Crippen LogP contribution < -0.4 is 0 Å². The van der Waals surface area contributed by atoms with Crippen LogP contribution >= 0.6 is 0 Å². The molecule has 0 N–H and O–H groups in total. The van der Waals surface area contributed by atoms with Gasteiger partial charge in [-0.25, -0.2) is 13.4 Å². The van der Waals surface area contributed by atoms with Gasteiger partial charge in [0.25, 0.3) is 5.91 Å². The fourth-order valence-corrected chi connectivity index (χ4v) is 3.12. The number of hydrogen-bond acceptors (Lipinski definition) is 5. The third-order valence-corrected chi connectivity index (χ3v) is 4.78. The molecule has 0 fully saturated rings. The van der Waals surface area contributed by atoms with E-state index in [0.717, 1.165) is 11.8 Å². The predicted octanol–water partition coefficient (Wildman–Crippen LogP) is 2.50. The summed E-state index contributed by atoms with van der Waals surface area (Å²) in [6.07, 6.45) is 2.49. The van der Waals surface area contributed by atoms with Crippen LogP contribution in [0.3, 0.4) is 0 Å². The van der Waals surface area contributed by atoms with Crippen molar-refractivity contribution >= 4 is 26.8 Å². The van der Waals surface area contributed by atoms with Crippen LogP contribution in [0, 0.1) is 0 Å². The summed E-state index contributed by atoms with van der Waals surface area (Å²) >= 11 is 0. The van der Waals surface area contributed by atoms with Gasteiger partial charge in [0.2, 0.25) is 0 Å². The second-order valence-corrected chi connectivity index (χ2v) is 7.63. The molecule has 0 unspecified atom stereocenters. The largest absolute Gasteiger partial charge is 0.443 e. The van der Waals surface area contributed by atoms with Gasteiger partial charge in [-0.3, -0.25) is 4.79 Å². The second kappa shape index (κ2) is 6.09. The molecule has 3 rings (SSSR count). The van der Waals surface area contributed by atoms with Crippen LogP contribution in [0.15, 0.2) is 58.2 Å². The highest BCUT2D eigenvalue weighted by Gasteiger charge is 2.15. The number of benzene rings is 2. The van der Waals surface area contributed by atoms with Crippen LogP contribution in [0.1, 0.15) is 15.9 Å². The lowest BCUT2D eigenvalue weighted by Gasteiger charge is -2.17. The average Bonchev–Trinajstić information content (AvgIpc) is 3.01. The van der Waals surface area contributed by atoms with E-state index in [1.54, 1.807) is 49.5 Å². The smallest absolute Gasteiger partial charge is 0.253 e. The molecule has 0 saturated carbocycles. The normalized spacial score (nSPS) is 11.6. The summed E-state index contributed by atoms with van der Waals surface area (Å²) in [5.74, 6) is -0.176. The van der Waals surface area contributed by atoms with Crippen LogP contribution in [0.25, 0.3) is 11.1 Å². The Morgan fingerprint density at radius 3 is 2.75 bits per heavy atom. The van der Waals surface area contributed by atoms with Gasteiger partial charge in [-0.05, 0) is 35.9 Å². The Morgan fingerprint density at radius 2 is 2.00 bits per heavy atom. The third kappa shape index (κ3) is 3.30. The monoisotopic (exact) mass is 344 g/mol. The Labute approximate surface area is 139 Å². The van der Waals surface area contributed by atoms with E-state index in [9.17, 15) is 13.2 Å². The molecular weight excluding hydrogens is 328 g/mol. The molecule has 24 heavy (non-hydrogen) atoms. The highest BCUT2D eigenvalue weighted by molar-refractivity contribution is 7.90. The van der Waals surface area contributed by atoms with Gasteiger partial charge in [0.15, 0.2) is 21.8 Å². The number of hydrogen-bond donors (Lipinski definition) is 0. The number of amides is 1. The summed E-state index contributed by atoms with van der Waals surface area (Å²) < 4.78 is 28.4. The molecule has 0 aliphatic rings. The summed E-state index contributed by atoms with van der Waals surface area (Å²) in [6.45, 7) is 0.305. The summed E-state index contributed by atoms with van der Waals surface area (Å²) in [7, 11) is -1.60. The molecule has 6 nitrogen and oxygen atoms in total. The zero-order valence-electron chi connectivity index (χ0n) is 13.3. The lowest BCUT2D eigenvalue weighted by molar-refractivity contribution is 0.0785. The summed E-state index contributed by atoms with van der Waals surface area (Å²) in [4.78, 5) is 18.4. The van der Waals surface area contributed by atoms with Gasteiger partial charge in [-0.15, -0.1) is 0 Å². The van der Waals surface area contributed by atoms with Gasteiger partial charge in [0.05, 0.1) is 4.90 Å². The molecule has 0 atom stereocenters. The van der Waals surface area contributed by atoms with Crippen molar-refractivity contribution in [3.05, 3.63) is 60.0 Å². The van der Waals surface area contributed by atoms with Crippen molar-refractivity contribution in [3.63, 3.8) is 0 Å². The number of carbonyl (C=O) groups is 1. The summed E-state index contributed by atoms with van der Waals surface area (Å²) in [6, 6.07) is 11.6. The number of oxazole rings is 1. The molecule has 2 aromatic carbocycles. The van der Waals surface area contributed by atoms with E-state index in [2.05, 4.69) is 4.98 Å². The van der Waals surface area contributed by atoms with E-state index < -0.39 is 9.84 Å². The van der Waals surface area contributed by atoms with Crippen molar-refractivity contribution in [1.29, 1.82) is 0 Å². The Balaban J connectivity index is 1.81. The molecular formula is C17H16N2O4S. The fourth-order valence-electron chi connectivity index (χ4n) is 2.43. The maximum Gasteiger partial charge on any atom is 0.253 e.